The van der Waals surface area contributed by atoms with Gasteiger partial charge in [-0.1, -0.05) is 103 Å². The molecule has 0 radical (unpaired) electrons. The maximum atomic E-state index is 5.42. The molecular formula is C19H41N2S+. The fraction of sp³-hybridized carbons (Fsp3) is 0.947. The molecular weight excluding hydrogens is 288 g/mol. The van der Waals surface area contributed by atoms with Gasteiger partial charge in [0.05, 0.1) is 0 Å². The van der Waals surface area contributed by atoms with E-state index in [1.54, 1.807) is 11.8 Å². The van der Waals surface area contributed by atoms with Crippen molar-refractivity contribution in [1.82, 2.24) is 0 Å². The second-order valence-corrected chi connectivity index (χ2v) is 7.72. The topological polar surface area (TPSA) is 51.6 Å². The maximum Gasteiger partial charge on any atom is 0.299 e. The van der Waals surface area contributed by atoms with Crippen molar-refractivity contribution in [3.63, 3.8) is 0 Å². The molecule has 0 aromatic carbocycles. The SMILES string of the molecule is CCCCCCCCCCCCCCCCCCSC(N)=[NH2+]. The highest BCUT2D eigenvalue weighted by atomic mass is 32.2. The largest absolute Gasteiger partial charge is 0.299 e. The lowest BCUT2D eigenvalue weighted by Gasteiger charge is -2.03. The highest BCUT2D eigenvalue weighted by Crippen LogP contribution is 2.14. The third-order valence-electron chi connectivity index (χ3n) is 4.27. The standard InChI is InChI=1S/C19H40N2S/c1-2-3-4-5-6-7-8-9-10-11-12-13-14-15-16-17-18-22-19(20)21/h2-18H2,1H3,(H3,20,21)/p+1. The van der Waals surface area contributed by atoms with Crippen molar-refractivity contribution in [3.05, 3.63) is 0 Å². The summed E-state index contributed by atoms with van der Waals surface area (Å²) in [6, 6.07) is 0. The molecule has 3 heteroatoms. The van der Waals surface area contributed by atoms with Gasteiger partial charge in [-0.2, -0.15) is 0 Å². The normalized spacial score (nSPS) is 11.0. The van der Waals surface area contributed by atoms with E-state index in [-0.39, 0.29) is 0 Å². The van der Waals surface area contributed by atoms with Gasteiger partial charge in [0.15, 0.2) is 0 Å². The first kappa shape index (κ1) is 21.8. The van der Waals surface area contributed by atoms with Crippen LogP contribution in [0.1, 0.15) is 110 Å². The fourth-order valence-corrected chi connectivity index (χ4v) is 3.42. The van der Waals surface area contributed by atoms with Crippen LogP contribution in [0.25, 0.3) is 0 Å². The fourth-order valence-electron chi connectivity index (χ4n) is 2.84. The molecule has 0 aromatic rings. The van der Waals surface area contributed by atoms with Crippen LogP contribution in [0.5, 0.6) is 0 Å². The van der Waals surface area contributed by atoms with Crippen LogP contribution in [0.3, 0.4) is 0 Å². The van der Waals surface area contributed by atoms with Crippen LogP contribution in [0.4, 0.5) is 0 Å². The van der Waals surface area contributed by atoms with Crippen molar-refractivity contribution in [2.75, 3.05) is 5.75 Å². The Morgan fingerprint density at radius 1 is 0.636 bits per heavy atom. The molecule has 0 bridgehead atoms. The van der Waals surface area contributed by atoms with Crippen LogP contribution in [0.2, 0.25) is 0 Å². The van der Waals surface area contributed by atoms with Gasteiger partial charge in [-0.3, -0.25) is 11.1 Å². The van der Waals surface area contributed by atoms with Crippen LogP contribution in [-0.2, 0) is 0 Å². The van der Waals surface area contributed by atoms with E-state index in [9.17, 15) is 0 Å². The van der Waals surface area contributed by atoms with Crippen molar-refractivity contribution in [2.45, 2.75) is 110 Å². The minimum Gasteiger partial charge on any atom is -0.282 e. The van der Waals surface area contributed by atoms with E-state index in [4.69, 9.17) is 11.1 Å². The molecule has 0 unspecified atom stereocenters. The number of nitrogens with two attached hydrogens (primary N) is 2. The maximum absolute atomic E-state index is 5.42. The average molecular weight is 330 g/mol. The molecule has 0 aromatic heterocycles. The number of hydrogen-bond donors (Lipinski definition) is 2. The average Bonchev–Trinajstić information content (AvgIpc) is 2.50. The molecule has 0 aliphatic carbocycles. The van der Waals surface area contributed by atoms with Crippen molar-refractivity contribution in [1.29, 1.82) is 0 Å². The summed E-state index contributed by atoms with van der Waals surface area (Å²) in [4.78, 5) is 0. The molecule has 0 saturated carbocycles. The predicted octanol–water partition coefficient (Wildman–Crippen LogP) is 5.05. The van der Waals surface area contributed by atoms with Crippen molar-refractivity contribution in [2.24, 2.45) is 5.73 Å². The Labute approximate surface area is 143 Å². The third kappa shape index (κ3) is 19.8. The van der Waals surface area contributed by atoms with Crippen LogP contribution in [0.15, 0.2) is 0 Å². The Morgan fingerprint density at radius 2 is 0.955 bits per heavy atom. The predicted molar refractivity (Wildman–Crippen MR) is 103 cm³/mol. The summed E-state index contributed by atoms with van der Waals surface area (Å²) in [5.41, 5.74) is 5.42. The second kappa shape index (κ2) is 18.9. The van der Waals surface area contributed by atoms with E-state index in [1.807, 2.05) is 0 Å². The highest BCUT2D eigenvalue weighted by Gasteiger charge is 1.97. The van der Waals surface area contributed by atoms with Crippen molar-refractivity contribution in [3.8, 4) is 0 Å². The number of amidine groups is 1. The molecule has 4 N–H and O–H groups in total. The molecule has 22 heavy (non-hydrogen) atoms. The Kier molecular flexibility index (Phi) is 18.7. The van der Waals surface area contributed by atoms with Gasteiger partial charge in [0.25, 0.3) is 5.17 Å². The summed E-state index contributed by atoms with van der Waals surface area (Å²) >= 11 is 1.59. The van der Waals surface area contributed by atoms with E-state index in [2.05, 4.69) is 6.92 Å². The zero-order valence-electron chi connectivity index (χ0n) is 15.1. The Hall–Kier alpha value is -0.180. The number of hydrogen-bond acceptors (Lipinski definition) is 1. The zero-order chi connectivity index (χ0) is 16.3. The lowest BCUT2D eigenvalue weighted by atomic mass is 10.0. The van der Waals surface area contributed by atoms with E-state index >= 15 is 0 Å². The summed E-state index contributed by atoms with van der Waals surface area (Å²) < 4.78 is 0. The lowest BCUT2D eigenvalue weighted by molar-refractivity contribution is -0.110. The first-order chi connectivity index (χ1) is 10.8. The molecule has 2 nitrogen and oxygen atoms in total. The van der Waals surface area contributed by atoms with Gasteiger partial charge in [0.2, 0.25) is 0 Å². The van der Waals surface area contributed by atoms with Gasteiger partial charge in [0, 0.05) is 5.75 Å². The van der Waals surface area contributed by atoms with E-state index < -0.39 is 0 Å². The van der Waals surface area contributed by atoms with Gasteiger partial charge in [-0.05, 0) is 18.2 Å². The molecule has 0 spiro atoms. The summed E-state index contributed by atoms with van der Waals surface area (Å²) in [5.74, 6) is 1.08. The molecule has 0 aliphatic heterocycles. The lowest BCUT2D eigenvalue weighted by Crippen LogP contribution is -2.43. The monoisotopic (exact) mass is 329 g/mol. The highest BCUT2D eigenvalue weighted by molar-refractivity contribution is 8.13. The van der Waals surface area contributed by atoms with E-state index in [0.29, 0.717) is 5.17 Å². The molecule has 0 aliphatic rings. The Bertz CT molecular complexity index is 231. The molecule has 0 amide bonds. The summed E-state index contributed by atoms with van der Waals surface area (Å²) in [5, 5.41) is 5.93. The number of rotatable bonds is 17. The third-order valence-corrected chi connectivity index (χ3v) is 5.09. The van der Waals surface area contributed by atoms with Crippen molar-refractivity contribution < 1.29 is 5.41 Å². The second-order valence-electron chi connectivity index (χ2n) is 6.55. The van der Waals surface area contributed by atoms with Crippen LogP contribution < -0.4 is 11.1 Å². The van der Waals surface area contributed by atoms with E-state index in [0.717, 1.165) is 5.75 Å². The Balaban J connectivity index is 2.95. The Morgan fingerprint density at radius 3 is 1.27 bits per heavy atom. The minimum atomic E-state index is 0.515. The first-order valence-corrected chi connectivity index (χ1v) is 10.8. The first-order valence-electron chi connectivity index (χ1n) is 9.78. The molecule has 0 atom stereocenters. The molecule has 0 rings (SSSR count). The molecule has 0 saturated heterocycles. The molecule has 132 valence electrons. The molecule has 0 heterocycles. The van der Waals surface area contributed by atoms with Gasteiger partial charge in [-0.15, -0.1) is 0 Å². The number of unbranched alkanes of at least 4 members (excludes halogenated alkanes) is 15. The quantitative estimate of drug-likeness (QED) is 0.223. The zero-order valence-corrected chi connectivity index (χ0v) is 15.9. The smallest absolute Gasteiger partial charge is 0.282 e. The number of thioether (sulfide) groups is 1. The summed E-state index contributed by atoms with van der Waals surface area (Å²) in [6.45, 7) is 2.29. The summed E-state index contributed by atoms with van der Waals surface area (Å²) in [7, 11) is 0. The summed E-state index contributed by atoms with van der Waals surface area (Å²) in [6.07, 6.45) is 22.7. The van der Waals surface area contributed by atoms with Gasteiger partial charge < -0.3 is 0 Å². The van der Waals surface area contributed by atoms with Crippen LogP contribution in [-0.4, -0.2) is 10.9 Å². The van der Waals surface area contributed by atoms with Crippen LogP contribution >= 0.6 is 11.8 Å². The molecule has 0 fully saturated rings. The van der Waals surface area contributed by atoms with Crippen molar-refractivity contribution >= 4 is 16.9 Å². The van der Waals surface area contributed by atoms with Gasteiger partial charge >= 0.3 is 0 Å². The van der Waals surface area contributed by atoms with Gasteiger partial charge in [0.1, 0.15) is 0 Å². The van der Waals surface area contributed by atoms with E-state index in [1.165, 1.54) is 103 Å². The van der Waals surface area contributed by atoms with Gasteiger partial charge in [-0.25, -0.2) is 0 Å². The minimum absolute atomic E-state index is 0.515. The van der Waals surface area contributed by atoms with Crippen LogP contribution in [0, 0.1) is 0 Å².